The lowest BCUT2D eigenvalue weighted by molar-refractivity contribution is 0.0973. The maximum Gasteiger partial charge on any atom is 0.0733 e. The molecule has 2 fully saturated rings. The average molecular weight is 237 g/mol. The Balaban J connectivity index is 1.53. The Morgan fingerprint density at radius 1 is 1.38 bits per heavy atom. The Morgan fingerprint density at radius 2 is 2.25 bits per heavy atom. The van der Waals surface area contributed by atoms with Crippen molar-refractivity contribution in [1.82, 2.24) is 5.32 Å². The quantitative estimate of drug-likeness (QED) is 0.869. The van der Waals surface area contributed by atoms with Gasteiger partial charge in [0.2, 0.25) is 0 Å². The molecular formula is C13H19NOS. The van der Waals surface area contributed by atoms with E-state index in [-0.39, 0.29) is 0 Å². The topological polar surface area (TPSA) is 21.3 Å². The van der Waals surface area contributed by atoms with Crippen LogP contribution >= 0.6 is 11.3 Å². The summed E-state index contributed by atoms with van der Waals surface area (Å²) in [6.45, 7) is 3.23. The lowest BCUT2D eigenvalue weighted by Gasteiger charge is -2.19. The summed E-state index contributed by atoms with van der Waals surface area (Å²) in [5.41, 5.74) is 0. The zero-order valence-corrected chi connectivity index (χ0v) is 10.6. The van der Waals surface area contributed by atoms with Gasteiger partial charge in [0.25, 0.3) is 0 Å². The van der Waals surface area contributed by atoms with Gasteiger partial charge in [0.1, 0.15) is 0 Å². The van der Waals surface area contributed by atoms with Crippen LogP contribution in [0.3, 0.4) is 0 Å². The summed E-state index contributed by atoms with van der Waals surface area (Å²) in [5.74, 6) is 0. The summed E-state index contributed by atoms with van der Waals surface area (Å²) in [4.78, 5) is 2.95. The van der Waals surface area contributed by atoms with Gasteiger partial charge in [0, 0.05) is 22.3 Å². The highest BCUT2D eigenvalue weighted by atomic mass is 32.1. The highest BCUT2D eigenvalue weighted by molar-refractivity contribution is 7.11. The number of hydrogen-bond acceptors (Lipinski definition) is 3. The first kappa shape index (κ1) is 10.8. The van der Waals surface area contributed by atoms with Gasteiger partial charge < -0.3 is 10.1 Å². The molecule has 2 nitrogen and oxygen atoms in total. The number of ether oxygens (including phenoxy) is 1. The number of rotatable bonds is 4. The van der Waals surface area contributed by atoms with Gasteiger partial charge in [0.15, 0.2) is 0 Å². The zero-order valence-electron chi connectivity index (χ0n) is 9.74. The molecule has 3 heteroatoms. The lowest BCUT2D eigenvalue weighted by Crippen LogP contribution is -2.36. The van der Waals surface area contributed by atoms with Crippen molar-refractivity contribution in [2.45, 2.75) is 57.4 Å². The lowest BCUT2D eigenvalue weighted by atomic mass is 9.95. The smallest absolute Gasteiger partial charge is 0.0733 e. The summed E-state index contributed by atoms with van der Waals surface area (Å²) in [7, 11) is 0. The normalized spacial score (nSPS) is 32.4. The SMILES string of the molecule is CCc1ccc(CNC2CC3CCC2O3)s1. The molecule has 2 aliphatic rings. The van der Waals surface area contributed by atoms with Gasteiger partial charge in [-0.2, -0.15) is 0 Å². The minimum atomic E-state index is 0.496. The molecule has 0 amide bonds. The van der Waals surface area contributed by atoms with Gasteiger partial charge >= 0.3 is 0 Å². The predicted octanol–water partition coefficient (Wildman–Crippen LogP) is 2.72. The second-order valence-corrected chi connectivity index (χ2v) is 6.07. The van der Waals surface area contributed by atoms with Crippen molar-refractivity contribution >= 4 is 11.3 Å². The van der Waals surface area contributed by atoms with Crippen LogP contribution in [0.2, 0.25) is 0 Å². The van der Waals surface area contributed by atoms with Crippen LogP contribution in [0.1, 0.15) is 35.9 Å². The molecule has 2 saturated heterocycles. The number of nitrogens with one attached hydrogen (secondary N) is 1. The van der Waals surface area contributed by atoms with Crippen molar-refractivity contribution in [3.63, 3.8) is 0 Å². The Morgan fingerprint density at radius 3 is 2.88 bits per heavy atom. The van der Waals surface area contributed by atoms with Crippen LogP contribution in [-0.2, 0) is 17.7 Å². The molecule has 3 rings (SSSR count). The fraction of sp³-hybridized carbons (Fsp3) is 0.692. The van der Waals surface area contributed by atoms with Crippen LogP contribution in [0.25, 0.3) is 0 Å². The number of thiophene rings is 1. The van der Waals surface area contributed by atoms with Gasteiger partial charge in [-0.1, -0.05) is 6.92 Å². The standard InChI is InChI=1S/C13H19NOS/c1-2-10-4-5-11(16-10)8-14-12-7-9-3-6-13(12)15-9/h4-5,9,12-14H,2-3,6-8H2,1H3. The Labute approximate surface area is 101 Å². The maximum atomic E-state index is 5.84. The summed E-state index contributed by atoms with van der Waals surface area (Å²) in [6, 6.07) is 5.11. The fourth-order valence-corrected chi connectivity index (χ4v) is 3.70. The molecular weight excluding hydrogens is 218 g/mol. The second-order valence-electron chi connectivity index (χ2n) is 4.82. The van der Waals surface area contributed by atoms with E-state index in [0.717, 1.165) is 13.0 Å². The molecule has 0 aliphatic carbocycles. The van der Waals surface area contributed by atoms with Gasteiger partial charge in [-0.05, 0) is 37.8 Å². The van der Waals surface area contributed by atoms with Crippen LogP contribution in [-0.4, -0.2) is 18.2 Å². The van der Waals surface area contributed by atoms with E-state index in [2.05, 4.69) is 24.4 Å². The second kappa shape index (κ2) is 4.47. The third-order valence-corrected chi connectivity index (χ3v) is 4.94. The van der Waals surface area contributed by atoms with E-state index >= 15 is 0 Å². The third-order valence-electron chi connectivity index (χ3n) is 3.71. The first-order valence-electron chi connectivity index (χ1n) is 6.31. The van der Waals surface area contributed by atoms with E-state index < -0.39 is 0 Å². The number of hydrogen-bond donors (Lipinski definition) is 1. The summed E-state index contributed by atoms with van der Waals surface area (Å²) < 4.78 is 5.84. The molecule has 3 unspecified atom stereocenters. The van der Waals surface area contributed by atoms with Crippen LogP contribution in [0, 0.1) is 0 Å². The highest BCUT2D eigenvalue weighted by Gasteiger charge is 2.40. The molecule has 88 valence electrons. The van der Waals surface area contributed by atoms with Crippen molar-refractivity contribution in [1.29, 1.82) is 0 Å². The van der Waals surface area contributed by atoms with Crippen LogP contribution < -0.4 is 5.32 Å². The highest BCUT2D eigenvalue weighted by Crippen LogP contribution is 2.34. The van der Waals surface area contributed by atoms with Crippen molar-refractivity contribution in [2.24, 2.45) is 0 Å². The summed E-state index contributed by atoms with van der Waals surface area (Å²) >= 11 is 1.93. The molecule has 16 heavy (non-hydrogen) atoms. The monoisotopic (exact) mass is 237 g/mol. The van der Waals surface area contributed by atoms with Gasteiger partial charge in [0.05, 0.1) is 12.2 Å². The van der Waals surface area contributed by atoms with E-state index in [1.165, 1.54) is 29.0 Å². The minimum Gasteiger partial charge on any atom is -0.373 e. The summed E-state index contributed by atoms with van der Waals surface area (Å²) in [6.07, 6.45) is 5.96. The molecule has 1 aromatic heterocycles. The van der Waals surface area contributed by atoms with Crippen LogP contribution in [0.5, 0.6) is 0 Å². The van der Waals surface area contributed by atoms with Crippen molar-refractivity contribution in [2.75, 3.05) is 0 Å². The Bertz CT molecular complexity index is 363. The van der Waals surface area contributed by atoms with Crippen molar-refractivity contribution in [3.8, 4) is 0 Å². The third kappa shape index (κ3) is 2.04. The van der Waals surface area contributed by atoms with E-state index in [1.807, 2.05) is 11.3 Å². The van der Waals surface area contributed by atoms with Crippen molar-refractivity contribution < 1.29 is 4.74 Å². The summed E-state index contributed by atoms with van der Waals surface area (Å²) in [5, 5.41) is 3.65. The van der Waals surface area contributed by atoms with Gasteiger partial charge in [-0.3, -0.25) is 0 Å². The van der Waals surface area contributed by atoms with E-state index in [0.29, 0.717) is 18.2 Å². The maximum absolute atomic E-state index is 5.84. The van der Waals surface area contributed by atoms with Gasteiger partial charge in [-0.15, -0.1) is 11.3 Å². The van der Waals surface area contributed by atoms with E-state index in [1.54, 1.807) is 0 Å². The number of fused-ring (bicyclic) bond motifs is 2. The Hall–Kier alpha value is -0.380. The van der Waals surface area contributed by atoms with E-state index in [4.69, 9.17) is 4.74 Å². The first-order chi connectivity index (χ1) is 7.85. The minimum absolute atomic E-state index is 0.496. The molecule has 0 saturated carbocycles. The molecule has 0 spiro atoms. The molecule has 2 bridgehead atoms. The van der Waals surface area contributed by atoms with Crippen LogP contribution in [0.4, 0.5) is 0 Å². The average Bonchev–Trinajstić information content (AvgIpc) is 3.02. The largest absolute Gasteiger partial charge is 0.373 e. The van der Waals surface area contributed by atoms with E-state index in [9.17, 15) is 0 Å². The van der Waals surface area contributed by atoms with Crippen LogP contribution in [0.15, 0.2) is 12.1 Å². The molecule has 2 aliphatic heterocycles. The van der Waals surface area contributed by atoms with Crippen molar-refractivity contribution in [3.05, 3.63) is 21.9 Å². The number of aryl methyl sites for hydroxylation is 1. The fourth-order valence-electron chi connectivity index (χ4n) is 2.79. The molecule has 1 N–H and O–H groups in total. The predicted molar refractivity (Wildman–Crippen MR) is 66.8 cm³/mol. The molecule has 3 heterocycles. The first-order valence-corrected chi connectivity index (χ1v) is 7.13. The molecule has 0 radical (unpaired) electrons. The Kier molecular flexibility index (Phi) is 3.01. The zero-order chi connectivity index (χ0) is 11.0. The molecule has 0 aromatic carbocycles. The molecule has 1 aromatic rings. The van der Waals surface area contributed by atoms with Gasteiger partial charge in [-0.25, -0.2) is 0 Å². The molecule has 3 atom stereocenters.